The first-order valence-corrected chi connectivity index (χ1v) is 4.56. The van der Waals surface area contributed by atoms with E-state index < -0.39 is 0 Å². The van der Waals surface area contributed by atoms with Gasteiger partial charge in [-0.1, -0.05) is 6.07 Å². The quantitative estimate of drug-likeness (QED) is 0.774. The molecule has 0 aromatic carbocycles. The molecule has 0 saturated carbocycles. The van der Waals surface area contributed by atoms with Crippen molar-refractivity contribution in [1.29, 1.82) is 0 Å². The highest BCUT2D eigenvalue weighted by Crippen LogP contribution is 2.09. The number of pyridine rings is 1. The summed E-state index contributed by atoms with van der Waals surface area (Å²) >= 11 is 0. The third-order valence-corrected chi connectivity index (χ3v) is 2.00. The number of hydrogen-bond donors (Lipinski definition) is 1. The van der Waals surface area contributed by atoms with Crippen LogP contribution in [0, 0.1) is 0 Å². The first-order valence-electron chi connectivity index (χ1n) is 4.56. The standard InChI is InChI=1S/C10H12N4/c11-5-4-9-3-1-6-12-10(9)14-8-2-7-13-14/h1-3,6-8H,4-5,11H2. The summed E-state index contributed by atoms with van der Waals surface area (Å²) in [6.45, 7) is 0.625. The Morgan fingerprint density at radius 2 is 2.21 bits per heavy atom. The Morgan fingerprint density at radius 1 is 1.29 bits per heavy atom. The van der Waals surface area contributed by atoms with Crippen LogP contribution in [-0.2, 0) is 6.42 Å². The van der Waals surface area contributed by atoms with E-state index in [2.05, 4.69) is 10.1 Å². The number of aromatic nitrogens is 3. The minimum Gasteiger partial charge on any atom is -0.330 e. The molecule has 14 heavy (non-hydrogen) atoms. The molecule has 2 aromatic rings. The molecule has 0 atom stereocenters. The van der Waals surface area contributed by atoms with Crippen molar-refractivity contribution in [2.75, 3.05) is 6.54 Å². The van der Waals surface area contributed by atoms with Gasteiger partial charge in [0.05, 0.1) is 0 Å². The Labute approximate surface area is 82.4 Å². The Balaban J connectivity index is 2.42. The number of nitrogens with zero attached hydrogens (tertiary/aromatic N) is 3. The second-order valence-electron chi connectivity index (χ2n) is 2.98. The van der Waals surface area contributed by atoms with Crippen molar-refractivity contribution in [3.63, 3.8) is 0 Å². The van der Waals surface area contributed by atoms with Gasteiger partial charge in [-0.3, -0.25) is 0 Å². The molecular formula is C10H12N4. The SMILES string of the molecule is NCCc1cccnc1-n1cccn1. The smallest absolute Gasteiger partial charge is 0.156 e. The van der Waals surface area contributed by atoms with E-state index in [1.807, 2.05) is 24.4 Å². The summed E-state index contributed by atoms with van der Waals surface area (Å²) < 4.78 is 1.75. The summed E-state index contributed by atoms with van der Waals surface area (Å²) in [6.07, 6.45) is 6.20. The van der Waals surface area contributed by atoms with E-state index >= 15 is 0 Å². The maximum absolute atomic E-state index is 5.53. The van der Waals surface area contributed by atoms with E-state index in [1.54, 1.807) is 17.1 Å². The minimum absolute atomic E-state index is 0.625. The summed E-state index contributed by atoms with van der Waals surface area (Å²) in [6, 6.07) is 5.82. The second kappa shape index (κ2) is 4.02. The molecule has 2 aromatic heterocycles. The van der Waals surface area contributed by atoms with E-state index in [4.69, 9.17) is 5.73 Å². The molecule has 0 radical (unpaired) electrons. The Kier molecular flexibility index (Phi) is 2.55. The highest BCUT2D eigenvalue weighted by molar-refractivity contribution is 5.32. The van der Waals surface area contributed by atoms with Crippen LogP contribution in [0.3, 0.4) is 0 Å². The predicted molar refractivity (Wildman–Crippen MR) is 54.1 cm³/mol. The molecule has 0 spiro atoms. The fraction of sp³-hybridized carbons (Fsp3) is 0.200. The average molecular weight is 188 g/mol. The van der Waals surface area contributed by atoms with Crippen molar-refractivity contribution in [1.82, 2.24) is 14.8 Å². The van der Waals surface area contributed by atoms with Gasteiger partial charge in [-0.2, -0.15) is 5.10 Å². The molecule has 72 valence electrons. The van der Waals surface area contributed by atoms with Crippen LogP contribution < -0.4 is 5.73 Å². The zero-order valence-corrected chi connectivity index (χ0v) is 7.80. The van der Waals surface area contributed by atoms with Crippen LogP contribution in [-0.4, -0.2) is 21.3 Å². The van der Waals surface area contributed by atoms with Gasteiger partial charge in [0.25, 0.3) is 0 Å². The van der Waals surface area contributed by atoms with Gasteiger partial charge in [-0.05, 0) is 30.7 Å². The summed E-state index contributed by atoms with van der Waals surface area (Å²) in [5, 5.41) is 4.14. The van der Waals surface area contributed by atoms with Crippen molar-refractivity contribution in [3.8, 4) is 5.82 Å². The predicted octanol–water partition coefficient (Wildman–Crippen LogP) is 0.768. The molecule has 2 rings (SSSR count). The fourth-order valence-electron chi connectivity index (χ4n) is 1.38. The van der Waals surface area contributed by atoms with Gasteiger partial charge >= 0.3 is 0 Å². The topological polar surface area (TPSA) is 56.7 Å². The highest BCUT2D eigenvalue weighted by Gasteiger charge is 2.03. The number of nitrogens with two attached hydrogens (primary N) is 1. The lowest BCUT2D eigenvalue weighted by atomic mass is 10.2. The molecule has 0 aliphatic heterocycles. The maximum atomic E-state index is 5.53. The van der Waals surface area contributed by atoms with Crippen LogP contribution in [0.2, 0.25) is 0 Å². The summed E-state index contributed by atoms with van der Waals surface area (Å²) in [5.74, 6) is 0.864. The first-order chi connectivity index (χ1) is 6.92. The summed E-state index contributed by atoms with van der Waals surface area (Å²) in [7, 11) is 0. The zero-order valence-electron chi connectivity index (χ0n) is 7.80. The lowest BCUT2D eigenvalue weighted by Crippen LogP contribution is -2.08. The molecule has 2 N–H and O–H groups in total. The van der Waals surface area contributed by atoms with Gasteiger partial charge in [0.1, 0.15) is 0 Å². The van der Waals surface area contributed by atoms with Gasteiger partial charge in [-0.15, -0.1) is 0 Å². The fourth-order valence-corrected chi connectivity index (χ4v) is 1.38. The first kappa shape index (κ1) is 8.90. The third-order valence-electron chi connectivity index (χ3n) is 2.00. The molecule has 2 heterocycles. The van der Waals surface area contributed by atoms with Gasteiger partial charge in [-0.25, -0.2) is 9.67 Å². The van der Waals surface area contributed by atoms with Gasteiger partial charge in [0.15, 0.2) is 5.82 Å². The summed E-state index contributed by atoms with van der Waals surface area (Å²) in [4.78, 5) is 4.28. The van der Waals surface area contributed by atoms with Crippen LogP contribution in [0.15, 0.2) is 36.8 Å². The Morgan fingerprint density at radius 3 is 2.93 bits per heavy atom. The molecule has 0 bridgehead atoms. The molecule has 0 amide bonds. The molecule has 0 aliphatic carbocycles. The van der Waals surface area contributed by atoms with E-state index in [0.29, 0.717) is 6.54 Å². The van der Waals surface area contributed by atoms with Crippen LogP contribution in [0.4, 0.5) is 0 Å². The van der Waals surface area contributed by atoms with Gasteiger partial charge in [0.2, 0.25) is 0 Å². The highest BCUT2D eigenvalue weighted by atomic mass is 15.3. The van der Waals surface area contributed by atoms with Gasteiger partial charge in [0, 0.05) is 18.6 Å². The van der Waals surface area contributed by atoms with Crippen LogP contribution in [0.1, 0.15) is 5.56 Å². The lowest BCUT2D eigenvalue weighted by Gasteiger charge is -2.06. The van der Waals surface area contributed by atoms with Crippen LogP contribution in [0.25, 0.3) is 5.82 Å². The molecule has 0 aliphatic rings. The molecule has 4 nitrogen and oxygen atoms in total. The zero-order chi connectivity index (χ0) is 9.80. The normalized spacial score (nSPS) is 10.4. The maximum Gasteiger partial charge on any atom is 0.156 e. The molecule has 0 fully saturated rings. The van der Waals surface area contributed by atoms with Crippen molar-refractivity contribution < 1.29 is 0 Å². The molecule has 0 unspecified atom stereocenters. The average Bonchev–Trinajstić information content (AvgIpc) is 2.72. The monoisotopic (exact) mass is 188 g/mol. The van der Waals surface area contributed by atoms with E-state index in [-0.39, 0.29) is 0 Å². The van der Waals surface area contributed by atoms with Crippen molar-refractivity contribution in [2.24, 2.45) is 5.73 Å². The van der Waals surface area contributed by atoms with Crippen molar-refractivity contribution in [2.45, 2.75) is 6.42 Å². The second-order valence-corrected chi connectivity index (χ2v) is 2.98. The molecule has 4 heteroatoms. The Hall–Kier alpha value is -1.68. The molecule has 0 saturated heterocycles. The van der Waals surface area contributed by atoms with Crippen molar-refractivity contribution >= 4 is 0 Å². The van der Waals surface area contributed by atoms with E-state index in [0.717, 1.165) is 17.8 Å². The lowest BCUT2D eigenvalue weighted by molar-refractivity contribution is 0.818. The number of hydrogen-bond acceptors (Lipinski definition) is 3. The van der Waals surface area contributed by atoms with Gasteiger partial charge < -0.3 is 5.73 Å². The van der Waals surface area contributed by atoms with Crippen LogP contribution in [0.5, 0.6) is 0 Å². The Bertz CT molecular complexity index is 394. The largest absolute Gasteiger partial charge is 0.330 e. The van der Waals surface area contributed by atoms with Crippen molar-refractivity contribution in [3.05, 3.63) is 42.4 Å². The van der Waals surface area contributed by atoms with Crippen LogP contribution >= 0.6 is 0 Å². The van der Waals surface area contributed by atoms with E-state index in [9.17, 15) is 0 Å². The third kappa shape index (κ3) is 1.65. The number of rotatable bonds is 3. The van der Waals surface area contributed by atoms with E-state index in [1.165, 1.54) is 0 Å². The molecular weight excluding hydrogens is 176 g/mol. The summed E-state index contributed by atoms with van der Waals surface area (Å²) in [5.41, 5.74) is 6.65. The minimum atomic E-state index is 0.625.